The molecule has 0 aliphatic carbocycles. The molecule has 0 atom stereocenters. The highest BCUT2D eigenvalue weighted by atomic mass is 16.5. The molecule has 0 aliphatic rings. The van der Waals surface area contributed by atoms with Gasteiger partial charge in [0.1, 0.15) is 11.5 Å². The van der Waals surface area contributed by atoms with Crippen molar-refractivity contribution in [1.29, 1.82) is 0 Å². The number of hydrogen-bond acceptors (Lipinski definition) is 4. The van der Waals surface area contributed by atoms with Crippen molar-refractivity contribution in [3.8, 4) is 11.5 Å². The Morgan fingerprint density at radius 3 is 2.18 bits per heavy atom. The van der Waals surface area contributed by atoms with Gasteiger partial charge in [-0.05, 0) is 72.6 Å². The molecule has 0 bridgehead atoms. The number of nitrogens with one attached hydrogen (secondary N) is 2. The predicted octanol–water partition coefficient (Wildman–Crippen LogP) is 4.61. The first-order chi connectivity index (χ1) is 13.7. The molecule has 0 unspecified atom stereocenters. The summed E-state index contributed by atoms with van der Waals surface area (Å²) in [5.41, 5.74) is 3.56. The number of rotatable bonds is 8. The first-order valence-corrected chi connectivity index (χ1v) is 9.10. The van der Waals surface area contributed by atoms with E-state index in [2.05, 4.69) is 16.7 Å². The van der Waals surface area contributed by atoms with Crippen molar-refractivity contribution in [3.63, 3.8) is 0 Å². The Morgan fingerprint density at radius 1 is 0.821 bits per heavy atom. The second-order valence-electron chi connectivity index (χ2n) is 6.29. The summed E-state index contributed by atoms with van der Waals surface area (Å²) in [7, 11) is 3.27. The summed E-state index contributed by atoms with van der Waals surface area (Å²) in [4.78, 5) is 12.3. The minimum absolute atomic E-state index is 0.151. The second kappa shape index (κ2) is 9.46. The first-order valence-electron chi connectivity index (χ1n) is 9.10. The van der Waals surface area contributed by atoms with Crippen molar-refractivity contribution in [2.24, 2.45) is 0 Å². The fourth-order valence-electron chi connectivity index (χ4n) is 2.80. The van der Waals surface area contributed by atoms with Crippen molar-refractivity contribution in [2.75, 3.05) is 31.4 Å². The van der Waals surface area contributed by atoms with E-state index in [0.717, 1.165) is 35.8 Å². The smallest absolute Gasteiger partial charge is 0.255 e. The van der Waals surface area contributed by atoms with Crippen LogP contribution in [0.25, 0.3) is 0 Å². The van der Waals surface area contributed by atoms with Gasteiger partial charge in [0, 0.05) is 23.5 Å². The highest BCUT2D eigenvalue weighted by molar-refractivity contribution is 6.04. The number of ether oxygens (including phenoxy) is 2. The number of amides is 1. The van der Waals surface area contributed by atoms with Gasteiger partial charge >= 0.3 is 0 Å². The average Bonchev–Trinajstić information content (AvgIpc) is 2.75. The molecular weight excluding hydrogens is 352 g/mol. The molecule has 0 saturated heterocycles. The zero-order valence-electron chi connectivity index (χ0n) is 16.1. The van der Waals surface area contributed by atoms with Crippen LogP contribution in [0.4, 0.5) is 11.4 Å². The van der Waals surface area contributed by atoms with E-state index < -0.39 is 0 Å². The van der Waals surface area contributed by atoms with E-state index in [1.54, 1.807) is 38.5 Å². The van der Waals surface area contributed by atoms with Crippen LogP contribution in [-0.4, -0.2) is 26.7 Å². The van der Waals surface area contributed by atoms with Crippen LogP contribution < -0.4 is 20.1 Å². The summed E-state index contributed by atoms with van der Waals surface area (Å²) < 4.78 is 10.4. The highest BCUT2D eigenvalue weighted by Crippen LogP contribution is 2.17. The van der Waals surface area contributed by atoms with Gasteiger partial charge in [-0.3, -0.25) is 4.79 Å². The Kier molecular flexibility index (Phi) is 6.52. The van der Waals surface area contributed by atoms with E-state index in [1.165, 1.54) is 5.56 Å². The molecule has 0 saturated carbocycles. The monoisotopic (exact) mass is 376 g/mol. The largest absolute Gasteiger partial charge is 0.497 e. The molecule has 1 amide bonds. The number of hydrogen-bond donors (Lipinski definition) is 2. The zero-order valence-corrected chi connectivity index (χ0v) is 16.1. The summed E-state index contributed by atoms with van der Waals surface area (Å²) in [5, 5.41) is 6.28. The molecule has 3 aromatic carbocycles. The number of benzene rings is 3. The molecule has 3 aromatic rings. The summed E-state index contributed by atoms with van der Waals surface area (Å²) >= 11 is 0. The molecule has 0 fully saturated rings. The van der Waals surface area contributed by atoms with Gasteiger partial charge in [0.2, 0.25) is 0 Å². The lowest BCUT2D eigenvalue weighted by atomic mass is 10.1. The SMILES string of the molecule is COc1ccc(C(=O)Nc2ccc(NCCc3cccc(OC)c3)cc2)cc1. The van der Waals surface area contributed by atoms with Crippen LogP contribution in [0.2, 0.25) is 0 Å². The van der Waals surface area contributed by atoms with E-state index >= 15 is 0 Å². The Labute approximate surface area is 165 Å². The molecule has 5 heteroatoms. The molecule has 0 radical (unpaired) electrons. The zero-order chi connectivity index (χ0) is 19.8. The van der Waals surface area contributed by atoms with Crippen molar-refractivity contribution in [2.45, 2.75) is 6.42 Å². The second-order valence-corrected chi connectivity index (χ2v) is 6.29. The molecule has 0 spiro atoms. The standard InChI is InChI=1S/C23H24N2O3/c1-27-21-12-6-18(7-13-21)23(26)25-20-10-8-19(9-11-20)24-15-14-17-4-3-5-22(16-17)28-2/h3-13,16,24H,14-15H2,1-2H3,(H,25,26). The van der Waals surface area contributed by atoms with Gasteiger partial charge in [0.15, 0.2) is 0 Å². The summed E-state index contributed by atoms with van der Waals surface area (Å²) in [6.45, 7) is 0.810. The molecule has 28 heavy (non-hydrogen) atoms. The Hall–Kier alpha value is -3.47. The maximum atomic E-state index is 12.3. The lowest BCUT2D eigenvalue weighted by Gasteiger charge is -2.10. The van der Waals surface area contributed by atoms with Crippen LogP contribution >= 0.6 is 0 Å². The van der Waals surface area contributed by atoms with Crippen LogP contribution in [0.3, 0.4) is 0 Å². The van der Waals surface area contributed by atoms with Gasteiger partial charge in [-0.1, -0.05) is 12.1 Å². The van der Waals surface area contributed by atoms with E-state index in [-0.39, 0.29) is 5.91 Å². The third-order valence-electron chi connectivity index (χ3n) is 4.37. The highest BCUT2D eigenvalue weighted by Gasteiger charge is 2.06. The van der Waals surface area contributed by atoms with Crippen molar-refractivity contribution in [3.05, 3.63) is 83.9 Å². The van der Waals surface area contributed by atoms with Crippen molar-refractivity contribution in [1.82, 2.24) is 0 Å². The van der Waals surface area contributed by atoms with Crippen molar-refractivity contribution < 1.29 is 14.3 Å². The maximum absolute atomic E-state index is 12.3. The third-order valence-corrected chi connectivity index (χ3v) is 4.37. The summed E-state index contributed by atoms with van der Waals surface area (Å²) in [6.07, 6.45) is 0.896. The fraction of sp³-hybridized carbons (Fsp3) is 0.174. The lowest BCUT2D eigenvalue weighted by molar-refractivity contribution is 0.102. The van der Waals surface area contributed by atoms with Gasteiger partial charge < -0.3 is 20.1 Å². The first kappa shape index (κ1) is 19.3. The maximum Gasteiger partial charge on any atom is 0.255 e. The topological polar surface area (TPSA) is 59.6 Å². The van der Waals surface area contributed by atoms with Crippen LogP contribution in [0.15, 0.2) is 72.8 Å². The van der Waals surface area contributed by atoms with Crippen LogP contribution in [-0.2, 0) is 6.42 Å². The Morgan fingerprint density at radius 2 is 1.50 bits per heavy atom. The number of carbonyl (C=O) groups is 1. The molecular formula is C23H24N2O3. The minimum Gasteiger partial charge on any atom is -0.497 e. The molecule has 144 valence electrons. The average molecular weight is 376 g/mol. The van der Waals surface area contributed by atoms with Crippen LogP contribution in [0.1, 0.15) is 15.9 Å². The molecule has 0 heterocycles. The van der Waals surface area contributed by atoms with Gasteiger partial charge in [-0.25, -0.2) is 0 Å². The van der Waals surface area contributed by atoms with Crippen LogP contribution in [0.5, 0.6) is 11.5 Å². The van der Waals surface area contributed by atoms with E-state index in [0.29, 0.717) is 5.56 Å². The van der Waals surface area contributed by atoms with Gasteiger partial charge in [-0.2, -0.15) is 0 Å². The molecule has 5 nitrogen and oxygen atoms in total. The Bertz CT molecular complexity index is 906. The molecule has 0 aromatic heterocycles. The number of carbonyl (C=O) groups excluding carboxylic acids is 1. The lowest BCUT2D eigenvalue weighted by Crippen LogP contribution is -2.11. The fourth-order valence-corrected chi connectivity index (χ4v) is 2.80. The normalized spacial score (nSPS) is 10.2. The van der Waals surface area contributed by atoms with Gasteiger partial charge in [0.25, 0.3) is 5.91 Å². The molecule has 0 aliphatic heterocycles. The third kappa shape index (κ3) is 5.27. The van der Waals surface area contributed by atoms with E-state index in [9.17, 15) is 4.79 Å². The molecule has 2 N–H and O–H groups in total. The molecule has 3 rings (SSSR count). The van der Waals surface area contributed by atoms with E-state index in [1.807, 2.05) is 42.5 Å². The minimum atomic E-state index is -0.151. The number of methoxy groups -OCH3 is 2. The van der Waals surface area contributed by atoms with Crippen LogP contribution in [0, 0.1) is 0 Å². The van der Waals surface area contributed by atoms with Gasteiger partial charge in [0.05, 0.1) is 14.2 Å². The Balaban J connectivity index is 1.50. The van der Waals surface area contributed by atoms with Gasteiger partial charge in [-0.15, -0.1) is 0 Å². The predicted molar refractivity (Wildman–Crippen MR) is 113 cm³/mol. The summed E-state index contributed by atoms with van der Waals surface area (Å²) in [5.74, 6) is 1.44. The number of anilines is 2. The summed E-state index contributed by atoms with van der Waals surface area (Å²) in [6, 6.07) is 22.8. The van der Waals surface area contributed by atoms with E-state index in [4.69, 9.17) is 9.47 Å². The quantitative estimate of drug-likeness (QED) is 0.603. The van der Waals surface area contributed by atoms with Crippen molar-refractivity contribution >= 4 is 17.3 Å².